The summed E-state index contributed by atoms with van der Waals surface area (Å²) in [4.78, 5) is 29.9. The summed E-state index contributed by atoms with van der Waals surface area (Å²) in [6, 6.07) is 13.4. The van der Waals surface area contributed by atoms with E-state index in [2.05, 4.69) is 15.6 Å². The van der Waals surface area contributed by atoms with Gasteiger partial charge in [0.25, 0.3) is 0 Å². The number of amides is 2. The number of aromatic nitrogens is 1. The van der Waals surface area contributed by atoms with E-state index in [-0.39, 0.29) is 35.8 Å². The monoisotopic (exact) mass is 485 g/mol. The normalized spacial score (nSPS) is 13.2. The van der Waals surface area contributed by atoms with Gasteiger partial charge in [0.05, 0.1) is 22.0 Å². The van der Waals surface area contributed by atoms with Crippen molar-refractivity contribution in [1.29, 1.82) is 0 Å². The number of carbonyl (C=O) groups is 2. The summed E-state index contributed by atoms with van der Waals surface area (Å²) < 4.78 is 15.3. The van der Waals surface area contributed by atoms with Crippen molar-refractivity contribution in [3.63, 3.8) is 0 Å². The lowest BCUT2D eigenvalue weighted by molar-refractivity contribution is -0.126. The second kappa shape index (κ2) is 12.5. The van der Waals surface area contributed by atoms with Crippen LogP contribution in [0.2, 0.25) is 0 Å². The van der Waals surface area contributed by atoms with E-state index in [1.54, 1.807) is 23.5 Å². The Labute approximate surface area is 201 Å². The third-order valence-electron chi connectivity index (χ3n) is 5.21. The second-order valence-electron chi connectivity index (χ2n) is 7.56. The van der Waals surface area contributed by atoms with Crippen LogP contribution in [0.15, 0.2) is 65.0 Å². The van der Waals surface area contributed by atoms with Gasteiger partial charge in [0.15, 0.2) is 4.34 Å². The molecule has 0 aliphatic carbocycles. The predicted molar refractivity (Wildman–Crippen MR) is 134 cm³/mol. The number of carbonyl (C=O) groups excluding carboxylic acids is 2. The lowest BCUT2D eigenvalue weighted by Gasteiger charge is -2.23. The van der Waals surface area contributed by atoms with E-state index < -0.39 is 6.04 Å². The molecule has 0 radical (unpaired) electrons. The van der Waals surface area contributed by atoms with Crippen molar-refractivity contribution in [3.8, 4) is 0 Å². The molecule has 2 aromatic carbocycles. The average Bonchev–Trinajstić information content (AvgIpc) is 3.24. The number of nitrogens with one attached hydrogen (secondary N) is 2. The molecule has 1 aromatic heterocycles. The topological polar surface area (TPSA) is 71.1 Å². The number of hydrogen-bond acceptors (Lipinski definition) is 5. The Morgan fingerprint density at radius 3 is 2.64 bits per heavy atom. The highest BCUT2D eigenvalue weighted by Crippen LogP contribution is 2.29. The van der Waals surface area contributed by atoms with Crippen LogP contribution in [0.25, 0.3) is 10.2 Å². The molecule has 2 atom stereocenters. The molecule has 0 bridgehead atoms. The van der Waals surface area contributed by atoms with Gasteiger partial charge in [-0.25, -0.2) is 9.37 Å². The highest BCUT2D eigenvalue weighted by atomic mass is 32.2. The second-order valence-corrected chi connectivity index (χ2v) is 9.82. The minimum atomic E-state index is -0.450. The molecule has 5 nitrogen and oxygen atoms in total. The summed E-state index contributed by atoms with van der Waals surface area (Å²) in [5.74, 6) is -0.512. The molecule has 1 heterocycles. The quantitative estimate of drug-likeness (QED) is 0.278. The van der Waals surface area contributed by atoms with Crippen molar-refractivity contribution in [2.75, 3.05) is 12.3 Å². The zero-order chi connectivity index (χ0) is 23.6. The fourth-order valence-electron chi connectivity index (χ4n) is 3.30. The SMILES string of the molecule is C/C=C/CC(CC)C(=O)NC(CNC(=O)CSc1nc2ccccc2s1)c1ccc(F)cc1. The smallest absolute Gasteiger partial charge is 0.230 e. The van der Waals surface area contributed by atoms with E-state index in [0.29, 0.717) is 12.8 Å². The average molecular weight is 486 g/mol. The molecule has 0 saturated carbocycles. The van der Waals surface area contributed by atoms with Crippen LogP contribution in [0, 0.1) is 11.7 Å². The summed E-state index contributed by atoms with van der Waals surface area (Å²) in [6.45, 7) is 4.12. The molecule has 0 spiro atoms. The summed E-state index contributed by atoms with van der Waals surface area (Å²) in [7, 11) is 0. The van der Waals surface area contributed by atoms with Gasteiger partial charge in [0, 0.05) is 12.5 Å². The highest BCUT2D eigenvalue weighted by molar-refractivity contribution is 8.01. The number of halogens is 1. The van der Waals surface area contributed by atoms with Gasteiger partial charge < -0.3 is 10.6 Å². The Bertz CT molecular complexity index is 1070. The first-order chi connectivity index (χ1) is 16.0. The Kier molecular flexibility index (Phi) is 9.45. The Morgan fingerprint density at radius 2 is 1.94 bits per heavy atom. The zero-order valence-corrected chi connectivity index (χ0v) is 20.3. The first-order valence-electron chi connectivity index (χ1n) is 10.9. The number of thiazole rings is 1. The molecule has 3 rings (SSSR count). The molecule has 3 aromatic rings. The zero-order valence-electron chi connectivity index (χ0n) is 18.7. The lowest BCUT2D eigenvalue weighted by Crippen LogP contribution is -2.40. The molecular formula is C25H28FN3O2S2. The fourth-order valence-corrected chi connectivity index (χ4v) is 5.20. The highest BCUT2D eigenvalue weighted by Gasteiger charge is 2.21. The third-order valence-corrected chi connectivity index (χ3v) is 7.39. The number of fused-ring (bicyclic) bond motifs is 1. The first-order valence-corrected chi connectivity index (χ1v) is 12.7. The van der Waals surface area contributed by atoms with Crippen LogP contribution < -0.4 is 10.6 Å². The molecule has 33 heavy (non-hydrogen) atoms. The number of rotatable bonds is 11. The number of thioether (sulfide) groups is 1. The maximum absolute atomic E-state index is 13.4. The number of hydrogen-bond donors (Lipinski definition) is 2. The standard InChI is InChI=1S/C25H28FN3O2S2/c1-3-5-8-17(4-2)24(31)28-21(18-11-13-19(26)14-12-18)15-27-23(30)16-32-25-29-20-9-6-7-10-22(20)33-25/h3,5-7,9-14,17,21H,4,8,15-16H2,1-2H3,(H,27,30)(H,28,31)/b5-3+. The molecule has 2 amide bonds. The minimum Gasteiger partial charge on any atom is -0.353 e. The van der Waals surface area contributed by atoms with E-state index in [1.807, 2.05) is 50.3 Å². The van der Waals surface area contributed by atoms with Gasteiger partial charge in [-0.2, -0.15) is 0 Å². The van der Waals surface area contributed by atoms with Crippen LogP contribution in [0.3, 0.4) is 0 Å². The molecule has 2 unspecified atom stereocenters. The van der Waals surface area contributed by atoms with Crippen LogP contribution in [-0.4, -0.2) is 29.1 Å². The van der Waals surface area contributed by atoms with Gasteiger partial charge in [0.2, 0.25) is 11.8 Å². The van der Waals surface area contributed by atoms with Gasteiger partial charge in [-0.05, 0) is 49.6 Å². The van der Waals surface area contributed by atoms with Crippen molar-refractivity contribution in [3.05, 3.63) is 72.1 Å². The molecular weight excluding hydrogens is 457 g/mol. The molecule has 0 aliphatic rings. The van der Waals surface area contributed by atoms with Gasteiger partial charge in [-0.1, -0.05) is 55.1 Å². The minimum absolute atomic E-state index is 0.0805. The van der Waals surface area contributed by atoms with Gasteiger partial charge in [-0.3, -0.25) is 9.59 Å². The summed E-state index contributed by atoms with van der Waals surface area (Å²) in [6.07, 6.45) is 5.26. The van der Waals surface area contributed by atoms with Crippen molar-refractivity contribution in [2.45, 2.75) is 37.1 Å². The van der Waals surface area contributed by atoms with Crippen LogP contribution in [0.5, 0.6) is 0 Å². The molecule has 2 N–H and O–H groups in total. The van der Waals surface area contributed by atoms with Crippen LogP contribution in [0.4, 0.5) is 4.39 Å². The van der Waals surface area contributed by atoms with Gasteiger partial charge in [0.1, 0.15) is 5.82 Å². The van der Waals surface area contributed by atoms with Gasteiger partial charge in [-0.15, -0.1) is 11.3 Å². The van der Waals surface area contributed by atoms with Crippen molar-refractivity contribution in [1.82, 2.24) is 15.6 Å². The molecule has 0 aliphatic heterocycles. The Balaban J connectivity index is 1.60. The molecule has 0 fully saturated rings. The Morgan fingerprint density at radius 1 is 1.18 bits per heavy atom. The molecule has 174 valence electrons. The predicted octanol–water partition coefficient (Wildman–Crippen LogP) is 5.49. The largest absolute Gasteiger partial charge is 0.353 e. The van der Waals surface area contributed by atoms with Crippen molar-refractivity contribution < 1.29 is 14.0 Å². The van der Waals surface area contributed by atoms with E-state index in [9.17, 15) is 14.0 Å². The summed E-state index contributed by atoms with van der Waals surface area (Å²) >= 11 is 2.94. The van der Waals surface area contributed by atoms with E-state index in [4.69, 9.17) is 0 Å². The third kappa shape index (κ3) is 7.40. The van der Waals surface area contributed by atoms with E-state index >= 15 is 0 Å². The van der Waals surface area contributed by atoms with Crippen LogP contribution in [0.1, 0.15) is 38.3 Å². The maximum atomic E-state index is 13.4. The van der Waals surface area contributed by atoms with Crippen LogP contribution in [-0.2, 0) is 9.59 Å². The first kappa shape index (κ1) is 24.9. The van der Waals surface area contributed by atoms with Crippen molar-refractivity contribution >= 4 is 45.1 Å². The van der Waals surface area contributed by atoms with Crippen LogP contribution >= 0.6 is 23.1 Å². The van der Waals surface area contributed by atoms with Gasteiger partial charge >= 0.3 is 0 Å². The lowest BCUT2D eigenvalue weighted by atomic mass is 9.99. The number of allylic oxidation sites excluding steroid dienone is 2. The van der Waals surface area contributed by atoms with E-state index in [0.717, 1.165) is 20.1 Å². The number of benzene rings is 2. The van der Waals surface area contributed by atoms with Crippen molar-refractivity contribution in [2.24, 2.45) is 5.92 Å². The maximum Gasteiger partial charge on any atom is 0.230 e. The summed E-state index contributed by atoms with van der Waals surface area (Å²) in [5.41, 5.74) is 1.66. The van der Waals surface area contributed by atoms with E-state index in [1.165, 1.54) is 23.9 Å². The fraction of sp³-hybridized carbons (Fsp3) is 0.320. The Hall–Kier alpha value is -2.71. The molecule has 8 heteroatoms. The molecule has 0 saturated heterocycles. The number of para-hydroxylation sites is 1. The summed E-state index contributed by atoms with van der Waals surface area (Å²) in [5, 5.41) is 5.93. The number of nitrogens with zero attached hydrogens (tertiary/aromatic N) is 1.